The van der Waals surface area contributed by atoms with Crippen LogP contribution in [0.5, 0.6) is 11.5 Å². The first kappa shape index (κ1) is 33.6. The lowest BCUT2D eigenvalue weighted by Gasteiger charge is -2.24. The van der Waals surface area contributed by atoms with Gasteiger partial charge in [-0.05, 0) is 59.2 Å². The highest BCUT2D eigenvalue weighted by molar-refractivity contribution is 7.21. The van der Waals surface area contributed by atoms with Crippen LogP contribution in [0.2, 0.25) is 0 Å². The quantitative estimate of drug-likeness (QED) is 0.0844. The Balaban J connectivity index is 1.32. The number of rotatable bonds is 14. The maximum absolute atomic E-state index is 12.8. The van der Waals surface area contributed by atoms with Crippen molar-refractivity contribution in [3.05, 3.63) is 142 Å². The molecule has 0 radical (unpaired) electrons. The maximum atomic E-state index is 12.8. The van der Waals surface area contributed by atoms with E-state index in [1.54, 1.807) is 0 Å². The van der Waals surface area contributed by atoms with Crippen LogP contribution in [0.15, 0.2) is 115 Å². The first-order chi connectivity index (χ1) is 24.7. The van der Waals surface area contributed by atoms with Gasteiger partial charge < -0.3 is 23.5 Å². The molecule has 256 valence electrons. The summed E-state index contributed by atoms with van der Waals surface area (Å²) >= 11 is 1.54. The molecule has 6 aromatic rings. The van der Waals surface area contributed by atoms with Gasteiger partial charge in [0.15, 0.2) is 0 Å². The summed E-state index contributed by atoms with van der Waals surface area (Å²) in [5.74, 6) is 1.58. The number of carbonyl (C=O) groups excluding carboxylic acids is 1. The Morgan fingerprint density at radius 3 is 2.00 bits per heavy atom. The first-order valence-corrected chi connectivity index (χ1v) is 18.3. The van der Waals surface area contributed by atoms with Crippen LogP contribution in [0.3, 0.4) is 0 Å². The molecule has 7 heteroatoms. The SMILES string of the molecule is COC(=O)c1cc2c(s1)c(C1CCCCC1)c(-c1ccc(OCc3ccccc3)cc1OCc1ccccc1)n2CCOCc1ccccc1. The lowest BCUT2D eigenvalue weighted by molar-refractivity contribution is 0.0606. The number of thiophene rings is 1. The number of fused-ring (bicyclic) bond motifs is 1. The zero-order valence-corrected chi connectivity index (χ0v) is 29.3. The normalized spacial score (nSPS) is 13.4. The second kappa shape index (κ2) is 16.2. The fraction of sp³-hybridized carbons (Fsp3) is 0.279. The van der Waals surface area contributed by atoms with Crippen molar-refractivity contribution in [2.75, 3.05) is 13.7 Å². The van der Waals surface area contributed by atoms with Crippen molar-refractivity contribution in [2.45, 2.75) is 64.4 Å². The standard InChI is InChI=1S/C43H43NO5S/c1-46-43(45)39-27-37-42(50-39)40(34-20-12-5-13-21-34)41(44(37)24-25-47-28-31-14-6-2-7-15-31)36-23-22-35(48-29-32-16-8-3-9-17-32)26-38(36)49-30-33-18-10-4-11-19-33/h2-4,6-11,14-19,22-23,26-27,34H,5,12-13,20-21,24-25,28-30H2,1H3. The van der Waals surface area contributed by atoms with E-state index in [0.717, 1.165) is 62.5 Å². The lowest BCUT2D eigenvalue weighted by atomic mass is 9.83. The van der Waals surface area contributed by atoms with E-state index in [2.05, 4.69) is 53.1 Å². The van der Waals surface area contributed by atoms with Crippen molar-refractivity contribution in [3.63, 3.8) is 0 Å². The van der Waals surface area contributed by atoms with Crippen LogP contribution in [0.25, 0.3) is 21.5 Å². The van der Waals surface area contributed by atoms with Gasteiger partial charge in [-0.2, -0.15) is 0 Å². The number of methoxy groups -OCH3 is 1. The molecule has 0 amide bonds. The maximum Gasteiger partial charge on any atom is 0.348 e. The molecule has 1 aliphatic carbocycles. The molecule has 0 spiro atoms. The van der Waals surface area contributed by atoms with Gasteiger partial charge in [0.05, 0.1) is 36.2 Å². The minimum atomic E-state index is -0.305. The second-order valence-corrected chi connectivity index (χ2v) is 13.9. The third-order valence-electron chi connectivity index (χ3n) is 9.44. The molecule has 1 aliphatic rings. The number of hydrogen-bond donors (Lipinski definition) is 0. The van der Waals surface area contributed by atoms with E-state index < -0.39 is 0 Å². The Hall–Kier alpha value is -4.85. The lowest BCUT2D eigenvalue weighted by Crippen LogP contribution is -2.11. The predicted molar refractivity (Wildman–Crippen MR) is 200 cm³/mol. The van der Waals surface area contributed by atoms with Crippen molar-refractivity contribution < 1.29 is 23.7 Å². The minimum absolute atomic E-state index is 0.305. The third kappa shape index (κ3) is 7.80. The van der Waals surface area contributed by atoms with Gasteiger partial charge in [-0.25, -0.2) is 4.79 Å². The Kier molecular flexibility index (Phi) is 10.9. The summed E-state index contributed by atoms with van der Waals surface area (Å²) in [7, 11) is 1.45. The summed E-state index contributed by atoms with van der Waals surface area (Å²) in [5.41, 5.74) is 7.82. The number of esters is 1. The number of hydrogen-bond acceptors (Lipinski definition) is 6. The van der Waals surface area contributed by atoms with Gasteiger partial charge in [-0.3, -0.25) is 0 Å². The summed E-state index contributed by atoms with van der Waals surface area (Å²) in [4.78, 5) is 13.5. The van der Waals surface area contributed by atoms with Crippen LogP contribution >= 0.6 is 11.3 Å². The summed E-state index contributed by atoms with van der Waals surface area (Å²) in [6, 6.07) is 38.9. The second-order valence-electron chi connectivity index (χ2n) is 12.8. The number of ether oxygens (including phenoxy) is 4. The fourth-order valence-electron chi connectivity index (χ4n) is 6.95. The number of benzene rings is 4. The van der Waals surface area contributed by atoms with Gasteiger partial charge in [0.1, 0.15) is 29.6 Å². The van der Waals surface area contributed by atoms with E-state index in [4.69, 9.17) is 18.9 Å². The van der Waals surface area contributed by atoms with E-state index >= 15 is 0 Å². The van der Waals surface area contributed by atoms with Gasteiger partial charge in [0.2, 0.25) is 0 Å². The van der Waals surface area contributed by atoms with Crippen LogP contribution in [0.1, 0.15) is 69.9 Å². The summed E-state index contributed by atoms with van der Waals surface area (Å²) in [6.45, 7) is 2.56. The van der Waals surface area contributed by atoms with E-state index in [0.29, 0.717) is 43.8 Å². The van der Waals surface area contributed by atoms with Crippen molar-refractivity contribution in [1.29, 1.82) is 0 Å². The van der Waals surface area contributed by atoms with Crippen LogP contribution in [0.4, 0.5) is 0 Å². The largest absolute Gasteiger partial charge is 0.489 e. The molecule has 0 bridgehead atoms. The van der Waals surface area contributed by atoms with E-state index in [9.17, 15) is 4.79 Å². The Morgan fingerprint density at radius 2 is 1.36 bits per heavy atom. The Labute approximate surface area is 298 Å². The number of carbonyl (C=O) groups is 1. The molecular weight excluding hydrogens is 643 g/mol. The van der Waals surface area contributed by atoms with Crippen molar-refractivity contribution >= 4 is 27.5 Å². The van der Waals surface area contributed by atoms with E-state index in [1.807, 2.05) is 66.7 Å². The molecule has 1 saturated carbocycles. The first-order valence-electron chi connectivity index (χ1n) is 17.5. The summed E-state index contributed by atoms with van der Waals surface area (Å²) < 4.78 is 28.0. The van der Waals surface area contributed by atoms with Gasteiger partial charge in [-0.15, -0.1) is 11.3 Å². The monoisotopic (exact) mass is 685 g/mol. The van der Waals surface area contributed by atoms with Gasteiger partial charge >= 0.3 is 5.97 Å². The van der Waals surface area contributed by atoms with Crippen molar-refractivity contribution in [2.24, 2.45) is 0 Å². The molecule has 50 heavy (non-hydrogen) atoms. The topological polar surface area (TPSA) is 58.9 Å². The van der Waals surface area contributed by atoms with E-state index in [1.165, 1.54) is 43.3 Å². The zero-order chi connectivity index (χ0) is 34.1. The van der Waals surface area contributed by atoms with Crippen LogP contribution < -0.4 is 9.47 Å². The smallest absolute Gasteiger partial charge is 0.348 e. The van der Waals surface area contributed by atoms with Crippen LogP contribution in [-0.2, 0) is 35.8 Å². The Bertz CT molecular complexity index is 2000. The molecule has 2 aromatic heterocycles. The van der Waals surface area contributed by atoms with Crippen LogP contribution in [-0.4, -0.2) is 24.3 Å². The molecule has 2 heterocycles. The molecule has 0 unspecified atom stereocenters. The summed E-state index contributed by atoms with van der Waals surface area (Å²) in [6.07, 6.45) is 5.85. The minimum Gasteiger partial charge on any atom is -0.489 e. The third-order valence-corrected chi connectivity index (χ3v) is 10.6. The van der Waals surface area contributed by atoms with E-state index in [-0.39, 0.29) is 5.97 Å². The number of nitrogens with zero attached hydrogens (tertiary/aromatic N) is 1. The van der Waals surface area contributed by atoms with Crippen molar-refractivity contribution in [1.82, 2.24) is 4.57 Å². The molecule has 1 fully saturated rings. The molecule has 0 saturated heterocycles. The highest BCUT2D eigenvalue weighted by Crippen LogP contribution is 2.49. The average molecular weight is 686 g/mol. The van der Waals surface area contributed by atoms with Crippen LogP contribution in [0, 0.1) is 0 Å². The molecule has 7 rings (SSSR count). The highest BCUT2D eigenvalue weighted by Gasteiger charge is 2.30. The predicted octanol–water partition coefficient (Wildman–Crippen LogP) is 10.6. The average Bonchev–Trinajstić information content (AvgIpc) is 3.74. The fourth-order valence-corrected chi connectivity index (χ4v) is 8.15. The van der Waals surface area contributed by atoms with Gasteiger partial charge in [0, 0.05) is 18.2 Å². The molecule has 0 N–H and O–H groups in total. The molecule has 4 aromatic carbocycles. The summed E-state index contributed by atoms with van der Waals surface area (Å²) in [5, 5.41) is 0. The zero-order valence-electron chi connectivity index (χ0n) is 28.5. The highest BCUT2D eigenvalue weighted by atomic mass is 32.1. The molecule has 6 nitrogen and oxygen atoms in total. The Morgan fingerprint density at radius 1 is 0.740 bits per heavy atom. The molecule has 0 aliphatic heterocycles. The van der Waals surface area contributed by atoms with Gasteiger partial charge in [-0.1, -0.05) is 110 Å². The van der Waals surface area contributed by atoms with Crippen molar-refractivity contribution in [3.8, 4) is 22.8 Å². The van der Waals surface area contributed by atoms with Gasteiger partial charge in [0.25, 0.3) is 0 Å². The number of aromatic nitrogens is 1. The molecular formula is C43H43NO5S. The molecule has 0 atom stereocenters.